The van der Waals surface area contributed by atoms with Crippen LogP contribution in [0.25, 0.3) is 0 Å². The predicted molar refractivity (Wildman–Crippen MR) is 153 cm³/mol. The topological polar surface area (TPSA) is 56.1 Å². The lowest BCUT2D eigenvalue weighted by Gasteiger charge is -2.32. The van der Waals surface area contributed by atoms with Crippen molar-refractivity contribution in [3.05, 3.63) is 58.7 Å². The predicted octanol–water partition coefficient (Wildman–Crippen LogP) is 7.15. The van der Waals surface area contributed by atoms with Crippen molar-refractivity contribution in [3.8, 4) is 0 Å². The Bertz CT molecular complexity index is 1150. The molecule has 2 fully saturated rings. The normalized spacial score (nSPS) is 22.7. The summed E-state index contributed by atoms with van der Waals surface area (Å²) in [7, 11) is 1.92. The Labute approximate surface area is 227 Å². The third kappa shape index (κ3) is 6.73. The molecule has 2 heterocycles. The largest absolute Gasteiger partial charge is 0.372 e. The van der Waals surface area contributed by atoms with Crippen LogP contribution in [0.3, 0.4) is 0 Å². The highest BCUT2D eigenvalue weighted by Crippen LogP contribution is 2.43. The molecule has 7 heteroatoms. The molecule has 1 aromatic heterocycles. The molecule has 5 nitrogen and oxygen atoms in total. The molecular weight excluding hydrogens is 481 g/mol. The second-order valence-electron chi connectivity index (χ2n) is 11.7. The number of rotatable bonds is 5. The molecule has 0 saturated heterocycles. The van der Waals surface area contributed by atoms with E-state index < -0.39 is 0 Å². The van der Waals surface area contributed by atoms with E-state index in [0.29, 0.717) is 18.4 Å². The van der Waals surface area contributed by atoms with Crippen molar-refractivity contribution in [2.45, 2.75) is 85.1 Å². The lowest BCUT2D eigenvalue weighted by atomic mass is 9.76. The van der Waals surface area contributed by atoms with Gasteiger partial charge in [-0.05, 0) is 62.5 Å². The zero-order valence-corrected chi connectivity index (χ0v) is 23.9. The lowest BCUT2D eigenvalue weighted by Crippen LogP contribution is -2.29. The first-order valence-corrected chi connectivity index (χ1v) is 14.2. The third-order valence-corrected chi connectivity index (χ3v) is 8.45. The molecule has 0 bridgehead atoms. The van der Waals surface area contributed by atoms with Crippen LogP contribution in [-0.4, -0.2) is 33.4 Å². The lowest BCUT2D eigenvalue weighted by molar-refractivity contribution is -0.518. The van der Waals surface area contributed by atoms with Crippen molar-refractivity contribution in [1.82, 2.24) is 10.2 Å². The first kappa shape index (κ1) is 27.6. The van der Waals surface area contributed by atoms with Crippen LogP contribution in [0.2, 0.25) is 0 Å². The first-order chi connectivity index (χ1) is 17.7. The highest BCUT2D eigenvalue weighted by molar-refractivity contribution is 7.44. The summed E-state index contributed by atoms with van der Waals surface area (Å²) in [5, 5.41) is 10.7. The maximum atomic E-state index is 13.2. The molecule has 3 aliphatic rings. The second kappa shape index (κ2) is 12.0. The van der Waals surface area contributed by atoms with Crippen molar-refractivity contribution in [2.24, 2.45) is 22.2 Å². The molecule has 0 spiro atoms. The molecular formula is C30H43FN5S+. The van der Waals surface area contributed by atoms with Crippen LogP contribution in [0, 0.1) is 23.1 Å². The zero-order valence-electron chi connectivity index (χ0n) is 23.1. The molecule has 2 N–H and O–H groups in total. The van der Waals surface area contributed by atoms with Crippen molar-refractivity contribution in [1.29, 1.82) is 0 Å². The van der Waals surface area contributed by atoms with Crippen molar-refractivity contribution in [2.75, 3.05) is 18.9 Å². The van der Waals surface area contributed by atoms with Crippen LogP contribution in [0.4, 0.5) is 10.2 Å². The van der Waals surface area contributed by atoms with Gasteiger partial charge in [-0.15, -0.1) is 0 Å². The van der Waals surface area contributed by atoms with Gasteiger partial charge in [0.15, 0.2) is 13.1 Å². The van der Waals surface area contributed by atoms with Gasteiger partial charge in [0.05, 0.1) is 5.56 Å². The van der Waals surface area contributed by atoms with Crippen LogP contribution in [-0.2, 0) is 25.4 Å². The fraction of sp³-hybridized carbons (Fsp3) is 0.600. The van der Waals surface area contributed by atoms with E-state index in [2.05, 4.69) is 55.4 Å². The van der Waals surface area contributed by atoms with Gasteiger partial charge in [0.2, 0.25) is 0 Å². The SMILES string of the molecule is C/C=C(\N=C(C1CCC1)C1CCC(c2cc(NC)n[nH]2)C1)C(C)(C)C.Fc1cccc2c1C[N+](=S)CC2. The summed E-state index contributed by atoms with van der Waals surface area (Å²) in [4.78, 5) is 5.26. The minimum absolute atomic E-state index is 0.118. The summed E-state index contributed by atoms with van der Waals surface area (Å²) in [5.74, 6) is 2.76. The maximum Gasteiger partial charge on any atom is 0.263 e. The maximum absolute atomic E-state index is 13.2. The second-order valence-corrected chi connectivity index (χ2v) is 12.3. The van der Waals surface area contributed by atoms with Gasteiger partial charge in [-0.3, -0.25) is 10.1 Å². The number of fused-ring (bicyclic) bond motifs is 1. The van der Waals surface area contributed by atoms with E-state index in [9.17, 15) is 4.39 Å². The molecule has 0 amide bonds. The summed E-state index contributed by atoms with van der Waals surface area (Å²) < 4.78 is 14.9. The molecule has 2 aromatic rings. The molecule has 0 radical (unpaired) electrons. The van der Waals surface area contributed by atoms with Crippen molar-refractivity contribution in [3.63, 3.8) is 0 Å². The number of H-pyrrole nitrogens is 1. The van der Waals surface area contributed by atoms with E-state index in [1.807, 2.05) is 13.1 Å². The molecule has 5 rings (SSSR count). The average molecular weight is 525 g/mol. The minimum atomic E-state index is -0.123. The summed E-state index contributed by atoms with van der Waals surface area (Å²) in [6, 6.07) is 7.39. The number of allylic oxidation sites excluding steroid dienone is 2. The Morgan fingerprint density at radius 1 is 1.22 bits per heavy atom. The monoisotopic (exact) mass is 524 g/mol. The van der Waals surface area contributed by atoms with Gasteiger partial charge in [-0.25, -0.2) is 4.39 Å². The molecule has 2 unspecified atom stereocenters. The van der Waals surface area contributed by atoms with Crippen LogP contribution in [0.15, 0.2) is 41.0 Å². The highest BCUT2D eigenvalue weighted by atomic mass is 32.1. The summed E-state index contributed by atoms with van der Waals surface area (Å²) >= 11 is 4.99. The van der Waals surface area contributed by atoms with Gasteiger partial charge < -0.3 is 5.32 Å². The number of hydrogen-bond acceptors (Lipinski definition) is 4. The number of aromatic nitrogens is 2. The average Bonchev–Trinajstić information content (AvgIpc) is 3.50. The van der Waals surface area contributed by atoms with E-state index in [-0.39, 0.29) is 11.2 Å². The first-order valence-electron chi connectivity index (χ1n) is 13.9. The van der Waals surface area contributed by atoms with Crippen LogP contribution < -0.4 is 5.32 Å². The Morgan fingerprint density at radius 2 is 2.00 bits per heavy atom. The Morgan fingerprint density at radius 3 is 2.62 bits per heavy atom. The molecule has 2 atom stereocenters. The molecule has 1 aliphatic heterocycles. The number of nitrogens with zero attached hydrogens (tertiary/aromatic N) is 3. The number of hydrogen-bond donors (Lipinski definition) is 2. The Hall–Kier alpha value is -2.41. The quantitative estimate of drug-likeness (QED) is 0.323. The standard InChI is InChI=1S/C21H34N4.C9H9FNS/c1-6-18(21(2,3)4)23-20(14-8-7-9-14)16-11-10-15(12-16)17-13-19(22-5)25-24-17;10-9-3-1-2-7-4-5-11(12)6-8(7)9/h6,13-16H,7-12H2,1-5H3,(H2,22,24,25);1-3H,4-6H2/q;+1/b18-6-,23-20?;. The fourth-order valence-corrected chi connectivity index (χ4v) is 5.97. The number of benzene rings is 1. The molecule has 2 saturated carbocycles. The fourth-order valence-electron chi connectivity index (χ4n) is 5.75. The van der Waals surface area contributed by atoms with Crippen molar-refractivity contribution < 1.29 is 8.34 Å². The van der Waals surface area contributed by atoms with Gasteiger partial charge in [-0.2, -0.15) is 9.04 Å². The molecule has 2 aliphatic carbocycles. The minimum Gasteiger partial charge on any atom is -0.372 e. The molecule has 1 aromatic carbocycles. The number of aliphatic imine (C=N–C) groups is 1. The Balaban J connectivity index is 0.000000222. The number of nitrogens with one attached hydrogen (secondary N) is 2. The van der Waals surface area contributed by atoms with Crippen LogP contribution in [0.1, 0.15) is 89.0 Å². The summed E-state index contributed by atoms with van der Waals surface area (Å²) in [6.07, 6.45) is 10.8. The van der Waals surface area contributed by atoms with Crippen molar-refractivity contribution >= 4 is 24.0 Å². The van der Waals surface area contributed by atoms with E-state index in [1.165, 1.54) is 61.7 Å². The smallest absolute Gasteiger partial charge is 0.263 e. The van der Waals surface area contributed by atoms with Gasteiger partial charge in [-0.1, -0.05) is 45.4 Å². The number of anilines is 1. The van der Waals surface area contributed by atoms with Gasteiger partial charge >= 0.3 is 0 Å². The van der Waals surface area contributed by atoms with E-state index in [1.54, 1.807) is 10.0 Å². The van der Waals surface area contributed by atoms with Crippen LogP contribution in [0.5, 0.6) is 0 Å². The number of halogens is 1. The third-order valence-electron chi connectivity index (χ3n) is 8.14. The zero-order chi connectivity index (χ0) is 26.6. The van der Waals surface area contributed by atoms with Gasteiger partial charge in [0, 0.05) is 48.0 Å². The van der Waals surface area contributed by atoms with Crippen LogP contribution >= 0.6 is 0 Å². The van der Waals surface area contributed by atoms with Gasteiger partial charge in [0.1, 0.15) is 11.6 Å². The van der Waals surface area contributed by atoms with E-state index in [0.717, 1.165) is 35.8 Å². The van der Waals surface area contributed by atoms with Gasteiger partial charge in [0.25, 0.3) is 12.4 Å². The van der Waals surface area contributed by atoms with E-state index >= 15 is 0 Å². The summed E-state index contributed by atoms with van der Waals surface area (Å²) in [5.41, 5.74) is 6.02. The summed E-state index contributed by atoms with van der Waals surface area (Å²) in [6.45, 7) is 10.4. The number of aromatic amines is 1. The highest BCUT2D eigenvalue weighted by Gasteiger charge is 2.36. The molecule has 37 heavy (non-hydrogen) atoms. The molecule has 200 valence electrons. The Kier molecular flexibility index (Phi) is 8.94. The van der Waals surface area contributed by atoms with E-state index in [4.69, 9.17) is 17.4 Å².